The molecule has 0 fully saturated rings. The molecule has 1 aliphatic carbocycles. The van der Waals surface area contributed by atoms with Crippen molar-refractivity contribution in [1.29, 1.82) is 5.26 Å². The van der Waals surface area contributed by atoms with Gasteiger partial charge in [0.2, 0.25) is 0 Å². The summed E-state index contributed by atoms with van der Waals surface area (Å²) in [5.74, 6) is -0.0132. The predicted molar refractivity (Wildman–Crippen MR) is 105 cm³/mol. The molecule has 1 aliphatic rings. The Bertz CT molecular complexity index is 925. The quantitative estimate of drug-likeness (QED) is 0.719. The van der Waals surface area contributed by atoms with Gasteiger partial charge in [0.15, 0.2) is 0 Å². The van der Waals surface area contributed by atoms with E-state index in [0.717, 1.165) is 29.7 Å². The Kier molecular flexibility index (Phi) is 5.71. The summed E-state index contributed by atoms with van der Waals surface area (Å²) in [6, 6.07) is 7.84. The summed E-state index contributed by atoms with van der Waals surface area (Å²) in [6.45, 7) is 3.71. The third-order valence-corrected chi connectivity index (χ3v) is 6.32. The van der Waals surface area contributed by atoms with Crippen LogP contribution in [-0.4, -0.2) is 12.5 Å². The maximum absolute atomic E-state index is 12.6. The third-order valence-electron chi connectivity index (χ3n) is 5.15. The minimum absolute atomic E-state index is 0.0818. The molecular formula is C21H22F2N2O2S. The zero-order valence-electron chi connectivity index (χ0n) is 16.0. The molecule has 28 heavy (non-hydrogen) atoms. The van der Waals surface area contributed by atoms with E-state index in [1.165, 1.54) is 35.6 Å². The van der Waals surface area contributed by atoms with Crippen LogP contribution in [0, 0.1) is 22.7 Å². The van der Waals surface area contributed by atoms with Crippen molar-refractivity contribution < 1.29 is 18.3 Å². The van der Waals surface area contributed by atoms with Crippen molar-refractivity contribution in [3.05, 3.63) is 45.8 Å². The minimum Gasteiger partial charge on any atom is -0.435 e. The number of alkyl halides is 2. The molecule has 0 radical (unpaired) electrons. The number of benzene rings is 1. The Labute approximate surface area is 167 Å². The van der Waals surface area contributed by atoms with E-state index in [1.807, 2.05) is 0 Å². The summed E-state index contributed by atoms with van der Waals surface area (Å²) in [7, 11) is 0. The number of anilines is 1. The molecule has 148 valence electrons. The van der Waals surface area contributed by atoms with Gasteiger partial charge in [0.1, 0.15) is 16.8 Å². The number of thiophene rings is 1. The number of nitriles is 1. The summed E-state index contributed by atoms with van der Waals surface area (Å²) in [6.07, 6.45) is 2.73. The molecule has 7 heteroatoms. The van der Waals surface area contributed by atoms with Crippen molar-refractivity contribution in [2.45, 2.75) is 46.6 Å². The Balaban J connectivity index is 1.83. The van der Waals surface area contributed by atoms with Gasteiger partial charge < -0.3 is 10.1 Å². The second kappa shape index (κ2) is 7.88. The zero-order chi connectivity index (χ0) is 20.5. The highest BCUT2D eigenvalue weighted by atomic mass is 32.1. The number of hydrogen-bond acceptors (Lipinski definition) is 4. The van der Waals surface area contributed by atoms with Crippen LogP contribution in [0.5, 0.6) is 5.75 Å². The van der Waals surface area contributed by atoms with Crippen molar-refractivity contribution in [3.63, 3.8) is 0 Å². The Morgan fingerprint density at radius 2 is 2.14 bits per heavy atom. The van der Waals surface area contributed by atoms with Crippen molar-refractivity contribution in [2.75, 3.05) is 5.32 Å². The fraction of sp³-hybridized carbons (Fsp3) is 0.429. The van der Waals surface area contributed by atoms with Crippen LogP contribution in [0.4, 0.5) is 13.8 Å². The van der Waals surface area contributed by atoms with Crippen LogP contribution in [0.1, 0.15) is 53.6 Å². The molecule has 0 bridgehead atoms. The normalized spacial score (nSPS) is 16.4. The first-order chi connectivity index (χ1) is 13.2. The van der Waals surface area contributed by atoms with Gasteiger partial charge in [-0.15, -0.1) is 11.3 Å². The summed E-state index contributed by atoms with van der Waals surface area (Å²) in [4.78, 5) is 13.7. The number of carbonyl (C=O) groups excluding carboxylic acids is 1. The van der Waals surface area contributed by atoms with E-state index in [0.29, 0.717) is 16.5 Å². The molecule has 0 saturated heterocycles. The van der Waals surface area contributed by atoms with Crippen LogP contribution in [-0.2, 0) is 12.8 Å². The van der Waals surface area contributed by atoms with E-state index >= 15 is 0 Å². The smallest absolute Gasteiger partial charge is 0.387 e. The van der Waals surface area contributed by atoms with Crippen molar-refractivity contribution in [1.82, 2.24) is 0 Å². The van der Waals surface area contributed by atoms with Crippen molar-refractivity contribution in [2.24, 2.45) is 11.3 Å². The molecule has 1 aromatic carbocycles. The third kappa shape index (κ3) is 4.33. The first-order valence-electron chi connectivity index (χ1n) is 9.10. The van der Waals surface area contributed by atoms with E-state index in [-0.39, 0.29) is 16.7 Å². The zero-order valence-corrected chi connectivity index (χ0v) is 16.8. The second-order valence-electron chi connectivity index (χ2n) is 7.99. The fourth-order valence-electron chi connectivity index (χ4n) is 3.52. The van der Waals surface area contributed by atoms with E-state index in [2.05, 4.69) is 36.9 Å². The van der Waals surface area contributed by atoms with Crippen LogP contribution in [0.15, 0.2) is 24.3 Å². The van der Waals surface area contributed by atoms with Gasteiger partial charge in [-0.25, -0.2) is 0 Å². The van der Waals surface area contributed by atoms with Gasteiger partial charge in [0.05, 0.1) is 5.56 Å². The molecule has 3 rings (SSSR count). The lowest BCUT2D eigenvalue weighted by atomic mass is 9.72. The lowest BCUT2D eigenvalue weighted by Crippen LogP contribution is -2.26. The molecule has 1 amide bonds. The van der Waals surface area contributed by atoms with Crippen molar-refractivity contribution in [3.8, 4) is 11.8 Å². The molecule has 2 aromatic rings. The Morgan fingerprint density at radius 1 is 1.39 bits per heavy atom. The first-order valence-corrected chi connectivity index (χ1v) is 9.91. The van der Waals surface area contributed by atoms with Crippen LogP contribution in [0.2, 0.25) is 0 Å². The maximum Gasteiger partial charge on any atom is 0.387 e. The number of halogens is 2. The highest BCUT2D eigenvalue weighted by molar-refractivity contribution is 7.16. The van der Waals surface area contributed by atoms with Gasteiger partial charge in [0, 0.05) is 10.4 Å². The SMILES string of the molecule is CC(C)(C)[C@@H]1CCc2c(sc(NC(=O)c3cccc(OC(F)F)c3)c2C#N)C1. The Morgan fingerprint density at radius 3 is 2.79 bits per heavy atom. The van der Waals surface area contributed by atoms with Crippen LogP contribution < -0.4 is 10.1 Å². The Hall–Kier alpha value is -2.46. The molecule has 0 spiro atoms. The molecular weight excluding hydrogens is 382 g/mol. The molecule has 4 nitrogen and oxygen atoms in total. The van der Waals surface area contributed by atoms with Crippen LogP contribution in [0.25, 0.3) is 0 Å². The number of nitrogens with one attached hydrogen (secondary N) is 1. The molecule has 0 aliphatic heterocycles. The number of carbonyl (C=O) groups is 1. The van der Waals surface area contributed by atoms with Crippen LogP contribution in [0.3, 0.4) is 0 Å². The summed E-state index contributed by atoms with van der Waals surface area (Å²) in [5.41, 5.74) is 1.92. The molecule has 1 aromatic heterocycles. The standard InChI is InChI=1S/C21H22F2N2O2S/c1-21(2,3)13-7-8-15-16(11-24)19(28-17(15)10-13)25-18(26)12-5-4-6-14(9-12)27-20(22)23/h4-6,9,13,20H,7-8,10H2,1-3H3,(H,25,26)/t13-/m1/s1. The number of hydrogen-bond donors (Lipinski definition) is 1. The summed E-state index contributed by atoms with van der Waals surface area (Å²) in [5, 5.41) is 12.9. The molecule has 0 saturated carbocycles. The average molecular weight is 404 g/mol. The number of nitrogens with zero attached hydrogens (tertiary/aromatic N) is 1. The van der Waals surface area contributed by atoms with Gasteiger partial charge in [-0.2, -0.15) is 14.0 Å². The summed E-state index contributed by atoms with van der Waals surface area (Å²) >= 11 is 1.44. The van der Waals surface area contributed by atoms with E-state index in [9.17, 15) is 18.8 Å². The van der Waals surface area contributed by atoms with Gasteiger partial charge in [0.25, 0.3) is 5.91 Å². The van der Waals surface area contributed by atoms with Gasteiger partial charge in [-0.05, 0) is 54.4 Å². The topological polar surface area (TPSA) is 62.1 Å². The lowest BCUT2D eigenvalue weighted by Gasteiger charge is -2.33. The molecule has 1 atom stereocenters. The minimum atomic E-state index is -2.96. The van der Waals surface area contributed by atoms with E-state index in [1.54, 1.807) is 0 Å². The maximum atomic E-state index is 12.6. The van der Waals surface area contributed by atoms with Gasteiger partial charge >= 0.3 is 6.61 Å². The monoisotopic (exact) mass is 404 g/mol. The van der Waals surface area contributed by atoms with Crippen LogP contribution >= 0.6 is 11.3 Å². The molecule has 1 heterocycles. The van der Waals surface area contributed by atoms with E-state index in [4.69, 9.17) is 0 Å². The van der Waals surface area contributed by atoms with Gasteiger partial charge in [-0.3, -0.25) is 4.79 Å². The largest absolute Gasteiger partial charge is 0.435 e. The highest BCUT2D eigenvalue weighted by Gasteiger charge is 2.32. The van der Waals surface area contributed by atoms with E-state index < -0.39 is 12.5 Å². The predicted octanol–water partition coefficient (Wildman–Crippen LogP) is 5.62. The summed E-state index contributed by atoms with van der Waals surface area (Å²) < 4.78 is 29.1. The lowest BCUT2D eigenvalue weighted by molar-refractivity contribution is -0.0498. The number of fused-ring (bicyclic) bond motifs is 1. The molecule has 1 N–H and O–H groups in total. The number of rotatable bonds is 4. The fourth-order valence-corrected chi connectivity index (χ4v) is 4.79. The van der Waals surface area contributed by atoms with Crippen molar-refractivity contribution >= 4 is 22.2 Å². The first kappa shape index (κ1) is 20.3. The second-order valence-corrected chi connectivity index (χ2v) is 9.09. The van der Waals surface area contributed by atoms with Gasteiger partial charge in [-0.1, -0.05) is 26.8 Å². The molecule has 0 unspecified atom stereocenters. The average Bonchev–Trinajstić information content (AvgIpc) is 2.96. The number of amides is 1. The number of ether oxygens (including phenoxy) is 1. The highest BCUT2D eigenvalue weighted by Crippen LogP contribution is 2.44.